The molecule has 1 saturated carbocycles. The lowest BCUT2D eigenvalue weighted by atomic mass is 10.1. The van der Waals surface area contributed by atoms with E-state index < -0.39 is 5.97 Å². The Hall–Kier alpha value is -3.88. The van der Waals surface area contributed by atoms with E-state index in [0.717, 1.165) is 12.8 Å². The summed E-state index contributed by atoms with van der Waals surface area (Å²) in [5, 5.41) is 34.1. The second kappa shape index (κ2) is 6.62. The molecule has 146 valence electrons. The number of phenols is 1. The summed E-state index contributed by atoms with van der Waals surface area (Å²) in [4.78, 5) is 15.7. The van der Waals surface area contributed by atoms with E-state index >= 15 is 0 Å². The van der Waals surface area contributed by atoms with Crippen molar-refractivity contribution in [2.45, 2.75) is 25.3 Å². The third-order valence-electron chi connectivity index (χ3n) is 4.98. The van der Waals surface area contributed by atoms with Crippen molar-refractivity contribution in [3.8, 4) is 17.2 Å². The predicted octanol–water partition coefficient (Wildman–Crippen LogP) is 3.51. The second-order valence-electron chi connectivity index (χ2n) is 7.04. The summed E-state index contributed by atoms with van der Waals surface area (Å²) in [6.07, 6.45) is 2.14. The number of hydrogen-bond donors (Lipinski definition) is 4. The molecule has 0 saturated heterocycles. The second-order valence-corrected chi connectivity index (χ2v) is 7.04. The van der Waals surface area contributed by atoms with Crippen molar-refractivity contribution < 1.29 is 19.5 Å². The third kappa shape index (κ3) is 3.16. The molecule has 1 aliphatic rings. The number of aromatic nitrogens is 4. The molecule has 2 aromatic carbocycles. The van der Waals surface area contributed by atoms with Crippen LogP contribution in [0.1, 0.15) is 40.6 Å². The van der Waals surface area contributed by atoms with Gasteiger partial charge in [-0.3, -0.25) is 5.10 Å². The van der Waals surface area contributed by atoms with E-state index in [0.29, 0.717) is 51.9 Å². The Morgan fingerprint density at radius 1 is 1.28 bits per heavy atom. The van der Waals surface area contributed by atoms with Crippen molar-refractivity contribution in [1.29, 1.82) is 0 Å². The van der Waals surface area contributed by atoms with Gasteiger partial charge in [0.25, 0.3) is 5.89 Å². The van der Waals surface area contributed by atoms with Crippen molar-refractivity contribution in [3.63, 3.8) is 0 Å². The minimum atomic E-state index is -1.09. The van der Waals surface area contributed by atoms with Gasteiger partial charge in [-0.15, -0.1) is 0 Å². The summed E-state index contributed by atoms with van der Waals surface area (Å²) in [6, 6.07) is 10.6. The van der Waals surface area contributed by atoms with Gasteiger partial charge in [0.2, 0.25) is 0 Å². The topological polar surface area (TPSA) is 137 Å². The highest BCUT2D eigenvalue weighted by Gasteiger charge is 2.29. The molecule has 5 rings (SSSR count). The number of nitrogens with one attached hydrogen (secondary N) is 2. The van der Waals surface area contributed by atoms with Crippen molar-refractivity contribution in [1.82, 2.24) is 20.3 Å². The van der Waals surface area contributed by atoms with Crippen LogP contribution in [0.25, 0.3) is 22.4 Å². The van der Waals surface area contributed by atoms with Crippen LogP contribution >= 0.6 is 0 Å². The van der Waals surface area contributed by atoms with Gasteiger partial charge in [0.1, 0.15) is 5.75 Å². The number of nitrogens with zero attached hydrogens (tertiary/aromatic N) is 3. The number of benzene rings is 2. The SMILES string of the molecule is O=C(O)c1n[nH]c2ccc(NCc3cccc(-c4nc(C5CC5)no4)c3O)cc12. The van der Waals surface area contributed by atoms with Gasteiger partial charge in [-0.05, 0) is 37.1 Å². The fraction of sp³-hybridized carbons (Fsp3) is 0.200. The summed E-state index contributed by atoms with van der Waals surface area (Å²) in [6.45, 7) is 0.328. The maximum Gasteiger partial charge on any atom is 0.357 e. The fourth-order valence-corrected chi connectivity index (χ4v) is 3.24. The molecule has 0 spiro atoms. The molecular formula is C20H17N5O4. The van der Waals surface area contributed by atoms with Crippen LogP contribution in [0.3, 0.4) is 0 Å². The summed E-state index contributed by atoms with van der Waals surface area (Å²) in [7, 11) is 0. The zero-order chi connectivity index (χ0) is 20.0. The minimum Gasteiger partial charge on any atom is -0.507 e. The molecule has 0 bridgehead atoms. The van der Waals surface area contributed by atoms with Crippen molar-refractivity contribution in [2.75, 3.05) is 5.32 Å². The number of carboxylic acids is 1. The highest BCUT2D eigenvalue weighted by Crippen LogP contribution is 2.40. The molecule has 4 N–H and O–H groups in total. The molecule has 1 aliphatic carbocycles. The number of hydrogen-bond acceptors (Lipinski definition) is 7. The van der Waals surface area contributed by atoms with E-state index in [1.54, 1.807) is 24.3 Å². The number of phenolic OH excluding ortho intramolecular Hbond substituents is 1. The van der Waals surface area contributed by atoms with Gasteiger partial charge in [0.05, 0.1) is 11.1 Å². The molecule has 9 heteroatoms. The molecule has 4 aromatic rings. The Kier molecular flexibility index (Phi) is 3.94. The van der Waals surface area contributed by atoms with Gasteiger partial charge in [-0.2, -0.15) is 10.1 Å². The Morgan fingerprint density at radius 2 is 2.14 bits per heavy atom. The number of aromatic amines is 1. The molecule has 1 fully saturated rings. The Balaban J connectivity index is 1.38. The van der Waals surface area contributed by atoms with Crippen molar-refractivity contribution in [3.05, 3.63) is 53.5 Å². The number of fused-ring (bicyclic) bond motifs is 1. The number of carbonyl (C=O) groups is 1. The highest BCUT2D eigenvalue weighted by atomic mass is 16.5. The molecule has 0 amide bonds. The van der Waals surface area contributed by atoms with E-state index in [1.807, 2.05) is 12.1 Å². The zero-order valence-electron chi connectivity index (χ0n) is 15.2. The normalized spacial score (nSPS) is 13.7. The maximum absolute atomic E-state index is 11.3. The molecule has 2 heterocycles. The number of para-hydroxylation sites is 1. The smallest absolute Gasteiger partial charge is 0.357 e. The van der Waals surface area contributed by atoms with Crippen molar-refractivity contribution >= 4 is 22.6 Å². The van der Waals surface area contributed by atoms with Gasteiger partial charge in [0, 0.05) is 29.1 Å². The average Bonchev–Trinajstić information content (AvgIpc) is 3.29. The third-order valence-corrected chi connectivity index (χ3v) is 4.98. The molecule has 2 aromatic heterocycles. The monoisotopic (exact) mass is 391 g/mol. The standard InChI is InChI=1S/C20H17N5O4/c26-17-11(2-1-3-13(17)19-22-18(25-29-19)10-4-5-10)9-21-12-6-7-15-14(8-12)16(20(27)28)24-23-15/h1-3,6-8,10,21,26H,4-5,9H2,(H,23,24)(H,27,28). The molecule has 0 aliphatic heterocycles. The van der Waals surface area contributed by atoms with Crippen LogP contribution in [-0.4, -0.2) is 36.5 Å². The number of aromatic carboxylic acids is 1. The first-order chi connectivity index (χ1) is 14.1. The molecule has 9 nitrogen and oxygen atoms in total. The van der Waals surface area contributed by atoms with E-state index in [1.165, 1.54) is 0 Å². The largest absolute Gasteiger partial charge is 0.507 e. The zero-order valence-corrected chi connectivity index (χ0v) is 15.2. The molecular weight excluding hydrogens is 374 g/mol. The summed E-state index contributed by atoms with van der Waals surface area (Å²) in [5.41, 5.74) is 2.46. The highest BCUT2D eigenvalue weighted by molar-refractivity contribution is 6.01. The van der Waals surface area contributed by atoms with Crippen LogP contribution in [0.5, 0.6) is 5.75 Å². The fourth-order valence-electron chi connectivity index (χ4n) is 3.24. The van der Waals surface area contributed by atoms with Gasteiger partial charge in [0.15, 0.2) is 11.5 Å². The van der Waals surface area contributed by atoms with E-state index in [2.05, 4.69) is 25.7 Å². The maximum atomic E-state index is 11.3. The van der Waals surface area contributed by atoms with Crippen molar-refractivity contribution in [2.24, 2.45) is 0 Å². The Bertz CT molecular complexity index is 1220. The quantitative estimate of drug-likeness (QED) is 0.392. The Morgan fingerprint density at radius 3 is 2.93 bits per heavy atom. The number of anilines is 1. The average molecular weight is 391 g/mol. The first-order valence-corrected chi connectivity index (χ1v) is 9.20. The van der Waals surface area contributed by atoms with Crippen LogP contribution in [-0.2, 0) is 6.54 Å². The van der Waals surface area contributed by atoms with Gasteiger partial charge < -0.3 is 20.1 Å². The molecule has 29 heavy (non-hydrogen) atoms. The summed E-state index contributed by atoms with van der Waals surface area (Å²) < 4.78 is 5.32. The molecule has 0 radical (unpaired) electrons. The summed E-state index contributed by atoms with van der Waals surface area (Å²) in [5.74, 6) is 0.334. The Labute approximate surface area is 164 Å². The lowest BCUT2D eigenvalue weighted by Crippen LogP contribution is -2.01. The van der Waals surface area contributed by atoms with E-state index in [4.69, 9.17) is 4.52 Å². The lowest BCUT2D eigenvalue weighted by Gasteiger charge is -2.10. The number of aromatic hydroxyl groups is 1. The number of rotatable bonds is 6. The predicted molar refractivity (Wildman–Crippen MR) is 104 cm³/mol. The molecule has 0 unspecified atom stereocenters. The first kappa shape index (κ1) is 17.2. The van der Waals surface area contributed by atoms with Crippen LogP contribution in [0.4, 0.5) is 5.69 Å². The lowest BCUT2D eigenvalue weighted by molar-refractivity contribution is 0.0692. The van der Waals surface area contributed by atoms with Gasteiger partial charge >= 0.3 is 5.97 Å². The van der Waals surface area contributed by atoms with Crippen LogP contribution in [0.2, 0.25) is 0 Å². The summed E-state index contributed by atoms with van der Waals surface area (Å²) >= 11 is 0. The van der Waals surface area contributed by atoms with Crippen LogP contribution in [0, 0.1) is 0 Å². The number of carboxylic acid groups (broad SMARTS) is 1. The van der Waals surface area contributed by atoms with E-state index in [-0.39, 0.29) is 11.4 Å². The van der Waals surface area contributed by atoms with Gasteiger partial charge in [-0.25, -0.2) is 4.79 Å². The first-order valence-electron chi connectivity index (χ1n) is 9.20. The number of H-pyrrole nitrogens is 1. The minimum absolute atomic E-state index is 0.0312. The van der Waals surface area contributed by atoms with E-state index in [9.17, 15) is 15.0 Å². The van der Waals surface area contributed by atoms with Crippen LogP contribution in [0.15, 0.2) is 40.9 Å². The van der Waals surface area contributed by atoms with Crippen LogP contribution < -0.4 is 5.32 Å². The molecule has 0 atom stereocenters. The van der Waals surface area contributed by atoms with Gasteiger partial charge in [-0.1, -0.05) is 17.3 Å².